The van der Waals surface area contributed by atoms with E-state index in [9.17, 15) is 9.59 Å². The van der Waals surface area contributed by atoms with E-state index in [2.05, 4.69) is 10.6 Å². The normalized spacial score (nSPS) is 11.6. The average molecular weight is 523 g/mol. The minimum absolute atomic E-state index is 0.163. The summed E-state index contributed by atoms with van der Waals surface area (Å²) in [7, 11) is 0. The Morgan fingerprint density at radius 2 is 1.35 bits per heavy atom. The molecule has 0 bridgehead atoms. The van der Waals surface area contributed by atoms with Crippen LogP contribution in [0.4, 0.5) is 11.4 Å². The number of halogens is 1. The fourth-order valence-corrected chi connectivity index (χ4v) is 5.27. The van der Waals surface area contributed by atoms with Crippen LogP contribution in [0.15, 0.2) is 126 Å². The number of carbonyl (C=O) groups is 2. The maximum atomic E-state index is 13.3. The smallest absolute Gasteiger partial charge is 0.255 e. The molecule has 5 aromatic rings. The molecule has 5 rings (SSSR count). The van der Waals surface area contributed by atoms with Gasteiger partial charge in [0.25, 0.3) is 5.91 Å². The highest BCUT2D eigenvalue weighted by atomic mass is 35.5. The molecule has 6 heteroatoms. The summed E-state index contributed by atoms with van der Waals surface area (Å²) in [6.07, 6.45) is 0. The zero-order chi connectivity index (χ0) is 25.6. The van der Waals surface area contributed by atoms with Crippen LogP contribution in [0.5, 0.6) is 0 Å². The molecule has 0 fully saturated rings. The minimum atomic E-state index is -0.508. The molecule has 4 nitrogen and oxygen atoms in total. The summed E-state index contributed by atoms with van der Waals surface area (Å²) in [5, 5.41) is 8.09. The Morgan fingerprint density at radius 1 is 0.649 bits per heavy atom. The molecule has 0 spiro atoms. The number of amides is 2. The number of anilines is 2. The molecule has 0 saturated carbocycles. The lowest BCUT2D eigenvalue weighted by molar-refractivity contribution is -0.115. The van der Waals surface area contributed by atoms with Crippen LogP contribution in [0, 0.1) is 0 Å². The van der Waals surface area contributed by atoms with E-state index in [0.29, 0.717) is 22.0 Å². The molecule has 37 heavy (non-hydrogen) atoms. The number of carbonyl (C=O) groups excluding carboxylic acids is 2. The Morgan fingerprint density at radius 3 is 2.14 bits per heavy atom. The van der Waals surface area contributed by atoms with Crippen LogP contribution < -0.4 is 10.6 Å². The second-order valence-corrected chi connectivity index (χ2v) is 10.1. The van der Waals surface area contributed by atoms with Gasteiger partial charge in [-0.15, -0.1) is 11.8 Å². The lowest BCUT2D eigenvalue weighted by atomic mass is 10.1. The third-order valence-corrected chi connectivity index (χ3v) is 7.27. The SMILES string of the molecule is O=C(Nc1cccc(SC(C(=O)Nc2cccc(Cl)c2)c2ccccc2)c1)c1ccc2ccccc2c1. The number of benzene rings is 5. The van der Waals surface area contributed by atoms with Crippen LogP contribution in [0.25, 0.3) is 10.8 Å². The van der Waals surface area contributed by atoms with Crippen molar-refractivity contribution in [2.75, 3.05) is 10.6 Å². The molecular weight excluding hydrogens is 500 g/mol. The van der Waals surface area contributed by atoms with E-state index in [1.165, 1.54) is 11.8 Å². The van der Waals surface area contributed by atoms with Gasteiger partial charge < -0.3 is 10.6 Å². The second-order valence-electron chi connectivity index (χ2n) is 8.45. The van der Waals surface area contributed by atoms with Crippen LogP contribution in [-0.4, -0.2) is 11.8 Å². The molecule has 0 aliphatic rings. The number of hydrogen-bond donors (Lipinski definition) is 2. The van der Waals surface area contributed by atoms with E-state index < -0.39 is 5.25 Å². The van der Waals surface area contributed by atoms with E-state index in [-0.39, 0.29) is 11.8 Å². The maximum absolute atomic E-state index is 13.3. The van der Waals surface area contributed by atoms with Gasteiger partial charge in [-0.1, -0.05) is 84.4 Å². The van der Waals surface area contributed by atoms with Crippen molar-refractivity contribution in [3.8, 4) is 0 Å². The summed E-state index contributed by atoms with van der Waals surface area (Å²) in [4.78, 5) is 27.2. The van der Waals surface area contributed by atoms with Crippen molar-refractivity contribution >= 4 is 57.3 Å². The average Bonchev–Trinajstić information content (AvgIpc) is 2.92. The summed E-state index contributed by atoms with van der Waals surface area (Å²) in [5.74, 6) is -0.352. The Labute approximate surface area is 224 Å². The summed E-state index contributed by atoms with van der Waals surface area (Å²) in [5.41, 5.74) is 2.75. The first-order valence-electron chi connectivity index (χ1n) is 11.7. The third-order valence-electron chi connectivity index (χ3n) is 5.79. The van der Waals surface area contributed by atoms with Crippen LogP contribution in [-0.2, 0) is 4.79 Å². The number of thioether (sulfide) groups is 1. The van der Waals surface area contributed by atoms with Crippen LogP contribution in [0.3, 0.4) is 0 Å². The highest BCUT2D eigenvalue weighted by molar-refractivity contribution is 8.00. The van der Waals surface area contributed by atoms with Gasteiger partial charge in [-0.3, -0.25) is 9.59 Å². The molecule has 182 valence electrons. The van der Waals surface area contributed by atoms with Gasteiger partial charge in [0.1, 0.15) is 5.25 Å². The predicted octanol–water partition coefficient (Wildman–Crippen LogP) is 8.22. The van der Waals surface area contributed by atoms with Gasteiger partial charge >= 0.3 is 0 Å². The standard InChI is InChI=1S/C31H23ClN2O2S/c32-25-12-6-13-26(19-25)34-31(36)29(22-9-2-1-3-10-22)37-28-15-7-14-27(20-28)33-30(35)24-17-16-21-8-4-5-11-23(21)18-24/h1-20,29H,(H,33,35)(H,34,36). The highest BCUT2D eigenvalue weighted by Gasteiger charge is 2.22. The molecular formula is C31H23ClN2O2S. The van der Waals surface area contributed by atoms with E-state index in [0.717, 1.165) is 21.2 Å². The summed E-state index contributed by atoms with van der Waals surface area (Å²) >= 11 is 7.51. The fraction of sp³-hybridized carbons (Fsp3) is 0.0323. The molecule has 2 amide bonds. The lowest BCUT2D eigenvalue weighted by Crippen LogP contribution is -2.19. The predicted molar refractivity (Wildman–Crippen MR) is 153 cm³/mol. The molecule has 2 N–H and O–H groups in total. The molecule has 0 saturated heterocycles. The Kier molecular flexibility index (Phi) is 7.54. The summed E-state index contributed by atoms with van der Waals surface area (Å²) in [6, 6.07) is 37.8. The first-order chi connectivity index (χ1) is 18.0. The van der Waals surface area contributed by atoms with Crippen molar-refractivity contribution in [2.45, 2.75) is 10.1 Å². The Hall–Kier alpha value is -4.06. The molecule has 5 aromatic carbocycles. The van der Waals surface area contributed by atoms with Crippen molar-refractivity contribution in [1.29, 1.82) is 0 Å². The van der Waals surface area contributed by atoms with E-state index in [1.54, 1.807) is 24.3 Å². The number of rotatable bonds is 7. The van der Waals surface area contributed by atoms with Gasteiger partial charge in [0.05, 0.1) is 0 Å². The molecule has 0 aromatic heterocycles. The lowest BCUT2D eigenvalue weighted by Gasteiger charge is -2.18. The van der Waals surface area contributed by atoms with Crippen LogP contribution in [0.1, 0.15) is 21.2 Å². The molecule has 0 heterocycles. The zero-order valence-electron chi connectivity index (χ0n) is 19.7. The van der Waals surface area contributed by atoms with Gasteiger partial charge in [0.2, 0.25) is 5.91 Å². The number of fused-ring (bicyclic) bond motifs is 1. The Balaban J connectivity index is 1.35. The van der Waals surface area contributed by atoms with E-state index in [4.69, 9.17) is 11.6 Å². The fourth-order valence-electron chi connectivity index (χ4n) is 3.99. The largest absolute Gasteiger partial charge is 0.325 e. The van der Waals surface area contributed by atoms with Gasteiger partial charge in [-0.2, -0.15) is 0 Å². The minimum Gasteiger partial charge on any atom is -0.325 e. The van der Waals surface area contributed by atoms with Crippen molar-refractivity contribution < 1.29 is 9.59 Å². The summed E-state index contributed by atoms with van der Waals surface area (Å²) in [6.45, 7) is 0. The highest BCUT2D eigenvalue weighted by Crippen LogP contribution is 2.37. The van der Waals surface area contributed by atoms with Gasteiger partial charge in [-0.25, -0.2) is 0 Å². The van der Waals surface area contributed by atoms with Crippen molar-refractivity contribution in [1.82, 2.24) is 0 Å². The van der Waals surface area contributed by atoms with E-state index in [1.807, 2.05) is 97.1 Å². The van der Waals surface area contributed by atoms with Crippen molar-refractivity contribution in [3.63, 3.8) is 0 Å². The topological polar surface area (TPSA) is 58.2 Å². The maximum Gasteiger partial charge on any atom is 0.255 e. The first-order valence-corrected chi connectivity index (χ1v) is 13.0. The van der Waals surface area contributed by atoms with E-state index >= 15 is 0 Å². The molecule has 0 aliphatic carbocycles. The van der Waals surface area contributed by atoms with Gasteiger partial charge in [0, 0.05) is 26.9 Å². The molecule has 0 aliphatic heterocycles. The monoisotopic (exact) mass is 522 g/mol. The van der Waals surface area contributed by atoms with Crippen LogP contribution >= 0.6 is 23.4 Å². The molecule has 0 radical (unpaired) electrons. The number of hydrogen-bond acceptors (Lipinski definition) is 3. The Bertz CT molecular complexity index is 1570. The molecule has 1 unspecified atom stereocenters. The van der Waals surface area contributed by atoms with Crippen molar-refractivity contribution in [3.05, 3.63) is 137 Å². The first kappa shape index (κ1) is 24.6. The van der Waals surface area contributed by atoms with Crippen LogP contribution in [0.2, 0.25) is 5.02 Å². The molecule has 1 atom stereocenters. The number of nitrogens with one attached hydrogen (secondary N) is 2. The van der Waals surface area contributed by atoms with Gasteiger partial charge in [0.15, 0.2) is 0 Å². The summed E-state index contributed by atoms with van der Waals surface area (Å²) < 4.78 is 0. The van der Waals surface area contributed by atoms with Crippen molar-refractivity contribution in [2.24, 2.45) is 0 Å². The third kappa shape index (κ3) is 6.20. The zero-order valence-corrected chi connectivity index (χ0v) is 21.3. The quantitative estimate of drug-likeness (QED) is 0.212. The second kappa shape index (κ2) is 11.3. The van der Waals surface area contributed by atoms with Gasteiger partial charge in [-0.05, 0) is 64.9 Å².